The zero-order valence-corrected chi connectivity index (χ0v) is 11.9. The Labute approximate surface area is 116 Å². The van der Waals surface area contributed by atoms with Crippen molar-refractivity contribution in [2.75, 3.05) is 6.54 Å². The van der Waals surface area contributed by atoms with Gasteiger partial charge >= 0.3 is 6.18 Å². The Morgan fingerprint density at radius 3 is 2.16 bits per heavy atom. The van der Waals surface area contributed by atoms with Crippen LogP contribution in [0.2, 0.25) is 0 Å². The highest BCUT2D eigenvalue weighted by atomic mass is 32.1. The normalized spacial score (nSPS) is 18.6. The van der Waals surface area contributed by atoms with Gasteiger partial charge in [-0.05, 0) is 26.7 Å². The minimum Gasteiger partial charge on any atom is -0.392 e. The molecule has 0 aromatic rings. The Kier molecular flexibility index (Phi) is 4.81. The lowest BCUT2D eigenvalue weighted by Crippen LogP contribution is -2.53. The Bertz CT molecular complexity index is 362. The maximum atomic E-state index is 12.6. The quantitative estimate of drug-likeness (QED) is 0.811. The minimum atomic E-state index is -4.42. The van der Waals surface area contributed by atoms with E-state index in [0.29, 0.717) is 12.8 Å². The molecule has 0 bridgehead atoms. The van der Waals surface area contributed by atoms with Crippen LogP contribution < -0.4 is 5.73 Å². The minimum absolute atomic E-state index is 0.0165. The lowest BCUT2D eigenvalue weighted by atomic mass is 9.84. The van der Waals surface area contributed by atoms with Gasteiger partial charge in [0.2, 0.25) is 5.91 Å². The van der Waals surface area contributed by atoms with Gasteiger partial charge in [0.15, 0.2) is 0 Å². The predicted molar refractivity (Wildman–Crippen MR) is 70.6 cm³/mol. The van der Waals surface area contributed by atoms with Crippen molar-refractivity contribution >= 4 is 23.1 Å². The second kappa shape index (κ2) is 5.64. The first-order valence-electron chi connectivity index (χ1n) is 6.28. The van der Waals surface area contributed by atoms with Crippen molar-refractivity contribution in [3.8, 4) is 0 Å². The molecule has 7 heteroatoms. The third-order valence-corrected chi connectivity index (χ3v) is 3.96. The van der Waals surface area contributed by atoms with E-state index in [9.17, 15) is 18.0 Å². The van der Waals surface area contributed by atoms with Crippen molar-refractivity contribution in [3.63, 3.8) is 0 Å². The summed E-state index contributed by atoms with van der Waals surface area (Å²) in [7, 11) is 0. The Balaban J connectivity index is 3.01. The lowest BCUT2D eigenvalue weighted by molar-refractivity contribution is -0.168. The number of nitrogens with zero attached hydrogens (tertiary/aromatic N) is 1. The number of amides is 1. The Morgan fingerprint density at radius 1 is 1.37 bits per heavy atom. The van der Waals surface area contributed by atoms with Gasteiger partial charge in [-0.2, -0.15) is 13.2 Å². The summed E-state index contributed by atoms with van der Waals surface area (Å²) in [6, 6.07) is -0.541. The molecule has 0 radical (unpaired) electrons. The molecule has 0 atom stereocenters. The van der Waals surface area contributed by atoms with Crippen LogP contribution in [-0.2, 0) is 4.79 Å². The number of carbonyl (C=O) groups is 1. The van der Waals surface area contributed by atoms with Crippen LogP contribution in [0.4, 0.5) is 13.2 Å². The van der Waals surface area contributed by atoms with Gasteiger partial charge < -0.3 is 10.6 Å². The van der Waals surface area contributed by atoms with E-state index in [0.717, 1.165) is 17.7 Å². The molecular weight excluding hydrogens is 277 g/mol. The summed E-state index contributed by atoms with van der Waals surface area (Å²) in [5.74, 6) is -0.579. The van der Waals surface area contributed by atoms with Crippen molar-refractivity contribution < 1.29 is 18.0 Å². The maximum Gasteiger partial charge on any atom is 0.406 e. The monoisotopic (exact) mass is 296 g/mol. The first kappa shape index (κ1) is 16.2. The Morgan fingerprint density at radius 2 is 1.84 bits per heavy atom. The van der Waals surface area contributed by atoms with Gasteiger partial charge in [0.1, 0.15) is 6.54 Å². The van der Waals surface area contributed by atoms with Gasteiger partial charge in [-0.25, -0.2) is 0 Å². The standard InChI is InChI=1S/C12H19F3N2OS/c1-8(2)17(7-12(13,14)15)10(18)11(9(16)19)5-3-4-6-11/h8H,3-7H2,1-2H3,(H2,16,19). The molecule has 3 nitrogen and oxygen atoms in total. The van der Waals surface area contributed by atoms with E-state index in [1.165, 1.54) is 0 Å². The maximum absolute atomic E-state index is 12.6. The number of thiocarbonyl (C=S) groups is 1. The molecule has 0 aromatic carbocycles. The second-order valence-electron chi connectivity index (χ2n) is 5.30. The molecule has 110 valence electrons. The van der Waals surface area contributed by atoms with Gasteiger partial charge in [-0.15, -0.1) is 0 Å². The molecule has 1 aliphatic rings. The summed E-state index contributed by atoms with van der Waals surface area (Å²) in [5, 5.41) is 0. The first-order chi connectivity index (χ1) is 8.60. The lowest BCUT2D eigenvalue weighted by Gasteiger charge is -2.36. The third-order valence-electron chi connectivity index (χ3n) is 3.57. The summed E-state index contributed by atoms with van der Waals surface area (Å²) in [6.45, 7) is 1.87. The van der Waals surface area contributed by atoms with Crippen LogP contribution >= 0.6 is 12.2 Å². The second-order valence-corrected chi connectivity index (χ2v) is 5.74. The predicted octanol–water partition coefficient (Wildman–Crippen LogP) is 2.63. The zero-order valence-electron chi connectivity index (χ0n) is 11.1. The number of nitrogens with two attached hydrogens (primary N) is 1. The van der Waals surface area contributed by atoms with E-state index in [2.05, 4.69) is 0 Å². The molecule has 0 spiro atoms. The van der Waals surface area contributed by atoms with E-state index in [1.54, 1.807) is 13.8 Å². The smallest absolute Gasteiger partial charge is 0.392 e. The molecule has 0 saturated heterocycles. The highest BCUT2D eigenvalue weighted by Crippen LogP contribution is 2.41. The summed E-state index contributed by atoms with van der Waals surface area (Å²) in [4.78, 5) is 13.3. The van der Waals surface area contributed by atoms with E-state index in [4.69, 9.17) is 18.0 Å². The van der Waals surface area contributed by atoms with Gasteiger partial charge in [0.25, 0.3) is 0 Å². The largest absolute Gasteiger partial charge is 0.406 e. The van der Waals surface area contributed by atoms with Gasteiger partial charge in [0.05, 0.1) is 10.4 Å². The molecule has 1 aliphatic carbocycles. The molecule has 0 aliphatic heterocycles. The number of rotatable bonds is 4. The summed E-state index contributed by atoms with van der Waals surface area (Å²) >= 11 is 4.94. The topological polar surface area (TPSA) is 46.3 Å². The molecule has 1 rings (SSSR count). The number of hydrogen-bond acceptors (Lipinski definition) is 2. The van der Waals surface area contributed by atoms with Crippen molar-refractivity contribution in [1.82, 2.24) is 4.90 Å². The number of carbonyl (C=O) groups excluding carboxylic acids is 1. The van der Waals surface area contributed by atoms with E-state index >= 15 is 0 Å². The van der Waals surface area contributed by atoms with Crippen molar-refractivity contribution in [2.45, 2.75) is 51.7 Å². The Hall–Kier alpha value is -0.850. The van der Waals surface area contributed by atoms with Crippen molar-refractivity contribution in [3.05, 3.63) is 0 Å². The molecule has 2 N–H and O–H groups in total. The number of alkyl halides is 3. The molecule has 19 heavy (non-hydrogen) atoms. The SMILES string of the molecule is CC(C)N(CC(F)(F)F)C(=O)C1(C(N)=S)CCCC1. The van der Waals surface area contributed by atoms with E-state index < -0.39 is 30.1 Å². The highest BCUT2D eigenvalue weighted by Gasteiger charge is 2.48. The fourth-order valence-corrected chi connectivity index (χ4v) is 2.79. The van der Waals surface area contributed by atoms with Crippen LogP contribution in [0.15, 0.2) is 0 Å². The van der Waals surface area contributed by atoms with Crippen LogP contribution in [0.1, 0.15) is 39.5 Å². The average Bonchev–Trinajstić information content (AvgIpc) is 2.73. The number of hydrogen-bond donors (Lipinski definition) is 1. The molecule has 1 saturated carbocycles. The van der Waals surface area contributed by atoms with Crippen LogP contribution in [0, 0.1) is 5.41 Å². The molecular formula is C12H19F3N2OS. The summed E-state index contributed by atoms with van der Waals surface area (Å²) in [6.07, 6.45) is -2.00. The average molecular weight is 296 g/mol. The molecule has 1 fully saturated rings. The van der Waals surface area contributed by atoms with Crippen LogP contribution in [0.5, 0.6) is 0 Å². The zero-order chi connectivity index (χ0) is 14.8. The molecule has 0 aromatic heterocycles. The molecule has 0 heterocycles. The number of halogens is 3. The van der Waals surface area contributed by atoms with Crippen LogP contribution in [0.25, 0.3) is 0 Å². The van der Waals surface area contributed by atoms with E-state index in [1.807, 2.05) is 0 Å². The molecule has 1 amide bonds. The van der Waals surface area contributed by atoms with E-state index in [-0.39, 0.29) is 4.99 Å². The highest BCUT2D eigenvalue weighted by molar-refractivity contribution is 7.80. The van der Waals surface area contributed by atoms with Crippen molar-refractivity contribution in [2.24, 2.45) is 11.1 Å². The fourth-order valence-electron chi connectivity index (χ4n) is 2.50. The van der Waals surface area contributed by atoms with Gasteiger partial charge in [-0.3, -0.25) is 4.79 Å². The van der Waals surface area contributed by atoms with Crippen LogP contribution in [0.3, 0.4) is 0 Å². The van der Waals surface area contributed by atoms with Crippen LogP contribution in [-0.4, -0.2) is 34.6 Å². The summed E-state index contributed by atoms with van der Waals surface area (Å²) < 4.78 is 37.7. The third kappa shape index (κ3) is 3.58. The molecule has 0 unspecified atom stereocenters. The first-order valence-corrected chi connectivity index (χ1v) is 6.69. The van der Waals surface area contributed by atoms with Gasteiger partial charge in [-0.1, -0.05) is 25.1 Å². The fraction of sp³-hybridized carbons (Fsp3) is 0.833. The van der Waals surface area contributed by atoms with Gasteiger partial charge in [0, 0.05) is 6.04 Å². The summed E-state index contributed by atoms with van der Waals surface area (Å²) in [5.41, 5.74) is 4.56. The van der Waals surface area contributed by atoms with Crippen molar-refractivity contribution in [1.29, 1.82) is 0 Å².